The molecule has 0 radical (unpaired) electrons. The van der Waals surface area contributed by atoms with Crippen molar-refractivity contribution in [1.29, 1.82) is 0 Å². The molecule has 1 rings (SSSR count). The van der Waals surface area contributed by atoms with E-state index < -0.39 is 5.97 Å². The molecule has 0 aliphatic heterocycles. The van der Waals surface area contributed by atoms with Crippen LogP contribution in [0.15, 0.2) is 16.5 Å². The van der Waals surface area contributed by atoms with Gasteiger partial charge in [0, 0.05) is 12.6 Å². The maximum atomic E-state index is 11.4. The summed E-state index contributed by atoms with van der Waals surface area (Å²) in [5.41, 5.74) is 0. The molecule has 2 N–H and O–H groups in total. The maximum Gasteiger partial charge on any atom is 0.374 e. The van der Waals surface area contributed by atoms with Gasteiger partial charge in [0.25, 0.3) is 0 Å². The lowest BCUT2D eigenvalue weighted by Gasteiger charge is -2.18. The van der Waals surface area contributed by atoms with Crippen LogP contribution in [0.2, 0.25) is 0 Å². The van der Waals surface area contributed by atoms with Crippen LogP contribution in [0.5, 0.6) is 0 Å². The Bertz CT molecular complexity index is 375. The topological polar surface area (TPSA) is 71.7 Å². The highest BCUT2D eigenvalue weighted by atomic mass is 16.5. The Balaban J connectivity index is 2.47. The molecule has 2 unspecified atom stereocenters. The Hall–Kier alpha value is -1.33. The fraction of sp³-hybridized carbons (Fsp3) is 0.615. The number of aliphatic hydroxyl groups excluding tert-OH is 1. The van der Waals surface area contributed by atoms with Crippen molar-refractivity contribution in [2.24, 2.45) is 5.92 Å². The van der Waals surface area contributed by atoms with E-state index in [1.165, 1.54) is 0 Å². The van der Waals surface area contributed by atoms with Crippen LogP contribution in [0, 0.1) is 5.92 Å². The third kappa shape index (κ3) is 4.16. The Kier molecular flexibility index (Phi) is 5.88. The lowest BCUT2D eigenvalue weighted by atomic mass is 10.1. The molecule has 1 heterocycles. The van der Waals surface area contributed by atoms with Crippen molar-refractivity contribution < 1.29 is 19.1 Å². The number of rotatable bonds is 7. The quantitative estimate of drug-likeness (QED) is 0.723. The van der Waals surface area contributed by atoms with E-state index in [9.17, 15) is 4.79 Å². The number of furan rings is 1. The van der Waals surface area contributed by atoms with Crippen LogP contribution in [0.1, 0.15) is 37.1 Å². The molecular formula is C13H21NO4. The van der Waals surface area contributed by atoms with Crippen LogP contribution in [-0.4, -0.2) is 30.3 Å². The summed E-state index contributed by atoms with van der Waals surface area (Å²) < 4.78 is 10.2. The third-order valence-electron chi connectivity index (χ3n) is 2.88. The fourth-order valence-corrected chi connectivity index (χ4v) is 1.41. The number of aliphatic hydroxyl groups is 1. The zero-order valence-electron chi connectivity index (χ0n) is 11.1. The summed E-state index contributed by atoms with van der Waals surface area (Å²) in [7, 11) is 0. The summed E-state index contributed by atoms with van der Waals surface area (Å²) in [6, 6.07) is 3.52. The molecule has 5 nitrogen and oxygen atoms in total. The Labute approximate surface area is 107 Å². The highest BCUT2D eigenvalue weighted by Crippen LogP contribution is 2.10. The summed E-state index contributed by atoms with van der Waals surface area (Å²) in [6.07, 6.45) is 0. The first-order valence-corrected chi connectivity index (χ1v) is 6.18. The average molecular weight is 255 g/mol. The van der Waals surface area contributed by atoms with Gasteiger partial charge >= 0.3 is 5.97 Å². The number of esters is 1. The van der Waals surface area contributed by atoms with Gasteiger partial charge in [-0.2, -0.15) is 0 Å². The van der Waals surface area contributed by atoms with Crippen molar-refractivity contribution in [3.05, 3.63) is 23.7 Å². The third-order valence-corrected chi connectivity index (χ3v) is 2.88. The van der Waals surface area contributed by atoms with Gasteiger partial charge < -0.3 is 19.6 Å². The maximum absolute atomic E-state index is 11.4. The van der Waals surface area contributed by atoms with Crippen LogP contribution >= 0.6 is 0 Å². The van der Waals surface area contributed by atoms with Crippen LogP contribution in [-0.2, 0) is 11.3 Å². The van der Waals surface area contributed by atoms with Gasteiger partial charge in [0.2, 0.25) is 5.76 Å². The second kappa shape index (κ2) is 7.18. The molecule has 18 heavy (non-hydrogen) atoms. The molecule has 2 atom stereocenters. The molecule has 0 bridgehead atoms. The first-order chi connectivity index (χ1) is 8.58. The van der Waals surface area contributed by atoms with Gasteiger partial charge in [-0.15, -0.1) is 0 Å². The number of hydrogen-bond acceptors (Lipinski definition) is 5. The normalized spacial score (nSPS) is 14.2. The standard InChI is InChI=1S/C13H21NO4/c1-4-17-13(16)12-6-5-11(18-12)7-14-10(3)9(2)8-15/h5-6,9-10,14-15H,4,7-8H2,1-3H3. The number of ether oxygens (including phenoxy) is 1. The van der Waals surface area contributed by atoms with Gasteiger partial charge in [0.1, 0.15) is 5.76 Å². The van der Waals surface area contributed by atoms with Crippen molar-refractivity contribution in [1.82, 2.24) is 5.32 Å². The van der Waals surface area contributed by atoms with Gasteiger partial charge in [0.15, 0.2) is 0 Å². The highest BCUT2D eigenvalue weighted by molar-refractivity contribution is 5.86. The molecule has 1 aromatic heterocycles. The molecule has 0 saturated carbocycles. The largest absolute Gasteiger partial charge is 0.460 e. The Morgan fingerprint density at radius 1 is 1.50 bits per heavy atom. The van der Waals surface area contributed by atoms with E-state index in [0.29, 0.717) is 18.9 Å². The monoisotopic (exact) mass is 255 g/mol. The highest BCUT2D eigenvalue weighted by Gasteiger charge is 2.14. The number of carbonyl (C=O) groups excluding carboxylic acids is 1. The van der Waals surface area contributed by atoms with E-state index in [1.807, 2.05) is 13.8 Å². The molecule has 102 valence electrons. The van der Waals surface area contributed by atoms with E-state index in [1.54, 1.807) is 19.1 Å². The van der Waals surface area contributed by atoms with Crippen LogP contribution in [0.4, 0.5) is 0 Å². The van der Waals surface area contributed by atoms with Crippen LogP contribution in [0.3, 0.4) is 0 Å². The molecule has 5 heteroatoms. The average Bonchev–Trinajstić information content (AvgIpc) is 2.84. The molecule has 0 fully saturated rings. The number of carbonyl (C=O) groups is 1. The summed E-state index contributed by atoms with van der Waals surface area (Å²) >= 11 is 0. The van der Waals surface area contributed by atoms with Gasteiger partial charge in [-0.25, -0.2) is 4.79 Å². The van der Waals surface area contributed by atoms with Crippen LogP contribution in [0.25, 0.3) is 0 Å². The van der Waals surface area contributed by atoms with E-state index >= 15 is 0 Å². The zero-order chi connectivity index (χ0) is 13.5. The van der Waals surface area contributed by atoms with Crippen molar-refractivity contribution in [3.8, 4) is 0 Å². The molecule has 0 amide bonds. The number of nitrogens with one attached hydrogen (secondary N) is 1. The fourth-order valence-electron chi connectivity index (χ4n) is 1.41. The van der Waals surface area contributed by atoms with Gasteiger partial charge in [-0.05, 0) is 31.9 Å². The second-order valence-corrected chi connectivity index (χ2v) is 4.32. The SMILES string of the molecule is CCOC(=O)c1ccc(CNC(C)C(C)CO)o1. The summed E-state index contributed by atoms with van der Waals surface area (Å²) in [5.74, 6) is 0.622. The molecule has 0 aromatic carbocycles. The zero-order valence-corrected chi connectivity index (χ0v) is 11.1. The van der Waals surface area contributed by atoms with E-state index in [4.69, 9.17) is 14.3 Å². The summed E-state index contributed by atoms with van der Waals surface area (Å²) in [5, 5.41) is 12.2. The molecule has 0 aliphatic carbocycles. The van der Waals surface area contributed by atoms with Crippen molar-refractivity contribution in [2.45, 2.75) is 33.4 Å². The Morgan fingerprint density at radius 2 is 2.22 bits per heavy atom. The molecule has 0 saturated heterocycles. The molecule has 1 aromatic rings. The lowest BCUT2D eigenvalue weighted by molar-refractivity contribution is 0.0487. The second-order valence-electron chi connectivity index (χ2n) is 4.32. The van der Waals surface area contributed by atoms with Crippen molar-refractivity contribution in [3.63, 3.8) is 0 Å². The summed E-state index contributed by atoms with van der Waals surface area (Å²) in [6.45, 7) is 6.70. The predicted octanol–water partition coefficient (Wildman–Crippen LogP) is 1.56. The van der Waals surface area contributed by atoms with E-state index in [2.05, 4.69) is 5.32 Å². The smallest absolute Gasteiger partial charge is 0.374 e. The predicted molar refractivity (Wildman–Crippen MR) is 67.2 cm³/mol. The molecule has 0 aliphatic rings. The van der Waals surface area contributed by atoms with Gasteiger partial charge in [0.05, 0.1) is 13.2 Å². The summed E-state index contributed by atoms with van der Waals surface area (Å²) in [4.78, 5) is 11.4. The van der Waals surface area contributed by atoms with Crippen LogP contribution < -0.4 is 5.32 Å². The minimum Gasteiger partial charge on any atom is -0.460 e. The Morgan fingerprint density at radius 3 is 2.83 bits per heavy atom. The molecular weight excluding hydrogens is 234 g/mol. The van der Waals surface area contributed by atoms with Crippen molar-refractivity contribution in [2.75, 3.05) is 13.2 Å². The molecule has 0 spiro atoms. The van der Waals surface area contributed by atoms with E-state index in [-0.39, 0.29) is 24.3 Å². The first-order valence-electron chi connectivity index (χ1n) is 6.18. The minimum absolute atomic E-state index is 0.139. The van der Waals surface area contributed by atoms with Gasteiger partial charge in [-0.1, -0.05) is 6.92 Å². The van der Waals surface area contributed by atoms with Crippen molar-refractivity contribution >= 4 is 5.97 Å². The van der Waals surface area contributed by atoms with E-state index in [0.717, 1.165) is 0 Å². The minimum atomic E-state index is -0.444. The van der Waals surface area contributed by atoms with Gasteiger partial charge in [-0.3, -0.25) is 0 Å². The first kappa shape index (κ1) is 14.7. The lowest BCUT2D eigenvalue weighted by Crippen LogP contribution is -2.33. The number of hydrogen-bond donors (Lipinski definition) is 2.